The normalized spacial score (nSPS) is 12.0. The standard InChI is InChI=1S/C26H28FNO/c1-28(2)19-20-29-24-15-13-23(14-16-24)26(22-11-7-4-8-12-22)25(17-18-27)21-9-5-3-6-10-21/h3-16H,17-20H2,1-2H3/b26-25+. The molecule has 0 aliphatic carbocycles. The van der Waals surface area contributed by atoms with E-state index in [0.29, 0.717) is 13.0 Å². The van der Waals surface area contributed by atoms with Gasteiger partial charge in [0.1, 0.15) is 12.4 Å². The monoisotopic (exact) mass is 389 g/mol. The summed E-state index contributed by atoms with van der Waals surface area (Å²) in [4.78, 5) is 2.09. The minimum atomic E-state index is -0.397. The second kappa shape index (κ2) is 10.6. The quantitative estimate of drug-likeness (QED) is 0.420. The molecule has 0 saturated heterocycles. The van der Waals surface area contributed by atoms with Crippen LogP contribution in [0.1, 0.15) is 23.1 Å². The fourth-order valence-corrected chi connectivity index (χ4v) is 3.33. The summed E-state index contributed by atoms with van der Waals surface area (Å²) < 4.78 is 19.4. The molecule has 3 aromatic rings. The molecule has 3 rings (SSSR count). The zero-order valence-corrected chi connectivity index (χ0v) is 17.1. The maximum atomic E-state index is 13.5. The molecular weight excluding hydrogens is 361 g/mol. The molecule has 0 aliphatic heterocycles. The molecule has 3 heteroatoms. The maximum Gasteiger partial charge on any atom is 0.119 e. The van der Waals surface area contributed by atoms with Crippen LogP contribution in [0.4, 0.5) is 4.39 Å². The molecule has 0 bridgehead atoms. The summed E-state index contributed by atoms with van der Waals surface area (Å²) in [6.07, 6.45) is 0.370. The zero-order valence-electron chi connectivity index (χ0n) is 17.1. The number of allylic oxidation sites excluding steroid dienone is 1. The molecule has 0 unspecified atom stereocenters. The summed E-state index contributed by atoms with van der Waals surface area (Å²) >= 11 is 0. The van der Waals surface area contributed by atoms with E-state index in [0.717, 1.165) is 40.1 Å². The number of likely N-dealkylation sites (N-methyl/N-ethyl adjacent to an activating group) is 1. The predicted molar refractivity (Wildman–Crippen MR) is 120 cm³/mol. The van der Waals surface area contributed by atoms with E-state index in [4.69, 9.17) is 4.74 Å². The lowest BCUT2D eigenvalue weighted by molar-refractivity contribution is 0.261. The molecule has 0 spiro atoms. The Labute approximate surface area is 173 Å². The third kappa shape index (κ3) is 5.78. The number of ether oxygens (including phenoxy) is 1. The van der Waals surface area contributed by atoms with Crippen molar-refractivity contribution in [2.45, 2.75) is 6.42 Å². The third-order valence-electron chi connectivity index (χ3n) is 4.78. The van der Waals surface area contributed by atoms with Crippen LogP contribution in [0.2, 0.25) is 0 Å². The van der Waals surface area contributed by atoms with Crippen LogP contribution in [0.3, 0.4) is 0 Å². The Balaban J connectivity index is 2.02. The van der Waals surface area contributed by atoms with Gasteiger partial charge >= 0.3 is 0 Å². The predicted octanol–water partition coefficient (Wildman–Crippen LogP) is 5.95. The van der Waals surface area contributed by atoms with Crippen molar-refractivity contribution >= 4 is 11.1 Å². The Bertz CT molecular complexity index is 902. The number of alkyl halides is 1. The average molecular weight is 390 g/mol. The van der Waals surface area contributed by atoms with E-state index in [2.05, 4.69) is 29.2 Å². The smallest absolute Gasteiger partial charge is 0.119 e. The van der Waals surface area contributed by atoms with Gasteiger partial charge in [-0.3, -0.25) is 4.39 Å². The van der Waals surface area contributed by atoms with E-state index in [1.54, 1.807) is 0 Å². The lowest BCUT2D eigenvalue weighted by atomic mass is 9.88. The van der Waals surface area contributed by atoms with Crippen LogP contribution in [0.15, 0.2) is 84.9 Å². The molecule has 2 nitrogen and oxygen atoms in total. The number of hydrogen-bond acceptors (Lipinski definition) is 2. The number of rotatable bonds is 9. The fraction of sp³-hybridized carbons (Fsp3) is 0.231. The minimum absolute atomic E-state index is 0.370. The van der Waals surface area contributed by atoms with Crippen molar-refractivity contribution in [3.63, 3.8) is 0 Å². The fourth-order valence-electron chi connectivity index (χ4n) is 3.33. The van der Waals surface area contributed by atoms with Crippen LogP contribution < -0.4 is 4.74 Å². The highest BCUT2D eigenvalue weighted by Gasteiger charge is 2.14. The lowest BCUT2D eigenvalue weighted by Crippen LogP contribution is -2.19. The highest BCUT2D eigenvalue weighted by atomic mass is 19.1. The van der Waals surface area contributed by atoms with Crippen LogP contribution in [-0.2, 0) is 0 Å². The molecule has 0 aromatic heterocycles. The second-order valence-corrected chi connectivity index (χ2v) is 7.20. The highest BCUT2D eigenvalue weighted by Crippen LogP contribution is 2.35. The zero-order chi connectivity index (χ0) is 20.5. The Morgan fingerprint density at radius 3 is 1.86 bits per heavy atom. The van der Waals surface area contributed by atoms with Gasteiger partial charge in [0.25, 0.3) is 0 Å². The summed E-state index contributed by atoms with van der Waals surface area (Å²) in [6.45, 7) is 1.11. The summed E-state index contributed by atoms with van der Waals surface area (Å²) in [7, 11) is 4.05. The number of nitrogens with zero attached hydrogens (tertiary/aromatic N) is 1. The number of hydrogen-bond donors (Lipinski definition) is 0. The first-order valence-electron chi connectivity index (χ1n) is 9.97. The van der Waals surface area contributed by atoms with E-state index < -0.39 is 6.67 Å². The molecule has 0 N–H and O–H groups in total. The molecule has 3 aromatic carbocycles. The van der Waals surface area contributed by atoms with Gasteiger partial charge in [-0.05, 0) is 54.1 Å². The Morgan fingerprint density at radius 1 is 0.759 bits per heavy atom. The molecule has 0 radical (unpaired) electrons. The molecule has 0 atom stereocenters. The van der Waals surface area contributed by atoms with E-state index >= 15 is 0 Å². The van der Waals surface area contributed by atoms with Crippen molar-refractivity contribution < 1.29 is 9.13 Å². The van der Waals surface area contributed by atoms with Crippen molar-refractivity contribution in [1.82, 2.24) is 4.90 Å². The summed E-state index contributed by atoms with van der Waals surface area (Å²) in [5.74, 6) is 0.842. The first kappa shape index (κ1) is 20.8. The van der Waals surface area contributed by atoms with Crippen molar-refractivity contribution in [3.05, 3.63) is 102 Å². The van der Waals surface area contributed by atoms with Crippen LogP contribution >= 0.6 is 0 Å². The minimum Gasteiger partial charge on any atom is -0.492 e. The molecule has 0 saturated carbocycles. The molecule has 0 aliphatic rings. The topological polar surface area (TPSA) is 12.5 Å². The van der Waals surface area contributed by atoms with Crippen LogP contribution in [0.5, 0.6) is 5.75 Å². The highest BCUT2D eigenvalue weighted by molar-refractivity contribution is 5.98. The third-order valence-corrected chi connectivity index (χ3v) is 4.78. The molecule has 150 valence electrons. The van der Waals surface area contributed by atoms with E-state index in [-0.39, 0.29) is 0 Å². The first-order valence-corrected chi connectivity index (χ1v) is 9.97. The Hall–Kier alpha value is -2.91. The Morgan fingerprint density at radius 2 is 1.31 bits per heavy atom. The van der Waals surface area contributed by atoms with E-state index in [1.165, 1.54) is 0 Å². The van der Waals surface area contributed by atoms with Gasteiger partial charge in [-0.1, -0.05) is 72.8 Å². The van der Waals surface area contributed by atoms with E-state index in [1.807, 2.05) is 74.8 Å². The molecular formula is C26H28FNO. The van der Waals surface area contributed by atoms with Gasteiger partial charge in [0.15, 0.2) is 0 Å². The largest absolute Gasteiger partial charge is 0.492 e. The SMILES string of the molecule is CN(C)CCOc1ccc(/C(=C(\CCF)c2ccccc2)c2ccccc2)cc1. The summed E-state index contributed by atoms with van der Waals surface area (Å²) in [6, 6.07) is 28.4. The van der Waals surface area contributed by atoms with Gasteiger partial charge in [-0.25, -0.2) is 0 Å². The van der Waals surface area contributed by atoms with Gasteiger partial charge in [0.2, 0.25) is 0 Å². The molecule has 0 heterocycles. The van der Waals surface area contributed by atoms with Crippen molar-refractivity contribution in [2.24, 2.45) is 0 Å². The van der Waals surface area contributed by atoms with Crippen molar-refractivity contribution in [3.8, 4) is 5.75 Å². The van der Waals surface area contributed by atoms with Crippen molar-refractivity contribution in [1.29, 1.82) is 0 Å². The number of benzene rings is 3. The molecule has 0 fully saturated rings. The Kier molecular flexibility index (Phi) is 7.60. The van der Waals surface area contributed by atoms with Crippen LogP contribution in [0.25, 0.3) is 11.1 Å². The van der Waals surface area contributed by atoms with Gasteiger partial charge < -0.3 is 9.64 Å². The summed E-state index contributed by atoms with van der Waals surface area (Å²) in [5, 5.41) is 0. The maximum absolute atomic E-state index is 13.5. The average Bonchev–Trinajstić information content (AvgIpc) is 2.75. The van der Waals surface area contributed by atoms with Crippen LogP contribution in [-0.4, -0.2) is 38.8 Å². The molecule has 29 heavy (non-hydrogen) atoms. The van der Waals surface area contributed by atoms with Gasteiger partial charge in [-0.15, -0.1) is 0 Å². The second-order valence-electron chi connectivity index (χ2n) is 7.20. The summed E-state index contributed by atoms with van der Waals surface area (Å²) in [5.41, 5.74) is 5.27. The lowest BCUT2D eigenvalue weighted by Gasteiger charge is -2.17. The van der Waals surface area contributed by atoms with Crippen molar-refractivity contribution in [2.75, 3.05) is 33.9 Å². The number of halogens is 1. The molecule has 0 amide bonds. The van der Waals surface area contributed by atoms with Gasteiger partial charge in [-0.2, -0.15) is 0 Å². The van der Waals surface area contributed by atoms with Gasteiger partial charge in [0.05, 0.1) is 6.67 Å². The van der Waals surface area contributed by atoms with Gasteiger partial charge in [0, 0.05) is 13.0 Å². The first-order chi connectivity index (χ1) is 14.2. The van der Waals surface area contributed by atoms with E-state index in [9.17, 15) is 4.39 Å². The van der Waals surface area contributed by atoms with Crippen LogP contribution in [0, 0.1) is 0 Å².